The predicted molar refractivity (Wildman–Crippen MR) is 111 cm³/mol. The van der Waals surface area contributed by atoms with Gasteiger partial charge < -0.3 is 15.2 Å². The van der Waals surface area contributed by atoms with Crippen LogP contribution < -0.4 is 10.6 Å². The maximum absolute atomic E-state index is 12.7. The Bertz CT molecular complexity index is 1210. The fourth-order valence-electron chi connectivity index (χ4n) is 2.93. The van der Waals surface area contributed by atoms with Gasteiger partial charge in [-0.25, -0.2) is 4.79 Å². The van der Waals surface area contributed by atoms with E-state index in [2.05, 4.69) is 25.8 Å². The number of amides is 2. The number of carbonyl (C=O) groups excluding carboxylic acids is 1. The first-order chi connectivity index (χ1) is 15.4. The number of pyridine rings is 1. The Hall–Kier alpha value is -4.21. The van der Waals surface area contributed by atoms with Crippen molar-refractivity contribution in [3.05, 3.63) is 90.1 Å². The second-order valence-corrected chi connectivity index (χ2v) is 6.74. The summed E-state index contributed by atoms with van der Waals surface area (Å²) in [5, 5.41) is 9.16. The van der Waals surface area contributed by atoms with E-state index >= 15 is 0 Å². The van der Waals surface area contributed by atoms with Gasteiger partial charge in [-0.2, -0.15) is 18.2 Å². The molecule has 0 saturated carbocycles. The molecular formula is C22H16F3N5O2. The molecule has 4 rings (SSSR count). The Balaban J connectivity index is 1.43. The molecule has 4 aromatic rings. The van der Waals surface area contributed by atoms with Crippen LogP contribution in [0.3, 0.4) is 0 Å². The van der Waals surface area contributed by atoms with Gasteiger partial charge in [0, 0.05) is 29.3 Å². The first-order valence-electron chi connectivity index (χ1n) is 9.44. The van der Waals surface area contributed by atoms with Crippen molar-refractivity contribution in [2.45, 2.75) is 12.6 Å². The lowest BCUT2D eigenvalue weighted by atomic mass is 10.1. The maximum atomic E-state index is 12.7. The van der Waals surface area contributed by atoms with Crippen LogP contribution in [0.1, 0.15) is 17.0 Å². The Kier molecular flexibility index (Phi) is 5.84. The highest BCUT2D eigenvalue weighted by atomic mass is 19.4. The summed E-state index contributed by atoms with van der Waals surface area (Å²) in [6, 6.07) is 14.1. The third kappa shape index (κ3) is 5.09. The summed E-state index contributed by atoms with van der Waals surface area (Å²) in [6.07, 6.45) is -0.916. The normalized spacial score (nSPS) is 11.2. The maximum Gasteiger partial charge on any atom is 0.416 e. The van der Waals surface area contributed by atoms with Crippen LogP contribution in [0.4, 0.5) is 29.3 Å². The molecule has 0 radical (unpaired) electrons. The van der Waals surface area contributed by atoms with Gasteiger partial charge in [0.05, 0.1) is 12.0 Å². The number of urea groups is 1. The van der Waals surface area contributed by atoms with E-state index in [-0.39, 0.29) is 12.1 Å². The molecule has 0 spiro atoms. The molecule has 10 heteroatoms. The molecule has 0 atom stereocenters. The molecule has 2 aromatic carbocycles. The number of carbonyl (C=O) groups is 1. The van der Waals surface area contributed by atoms with Crippen LogP contribution in [0.15, 0.2) is 77.6 Å². The van der Waals surface area contributed by atoms with E-state index in [1.54, 1.807) is 48.8 Å². The molecule has 32 heavy (non-hydrogen) atoms. The van der Waals surface area contributed by atoms with Crippen LogP contribution in [-0.4, -0.2) is 21.2 Å². The molecule has 0 fully saturated rings. The number of anilines is 2. The largest absolute Gasteiger partial charge is 0.416 e. The fourth-order valence-corrected chi connectivity index (χ4v) is 2.93. The summed E-state index contributed by atoms with van der Waals surface area (Å²) in [5.41, 5.74) is 1.42. The van der Waals surface area contributed by atoms with Gasteiger partial charge in [-0.05, 0) is 48.0 Å². The lowest BCUT2D eigenvalue weighted by Crippen LogP contribution is -2.20. The zero-order valence-corrected chi connectivity index (χ0v) is 16.4. The average molecular weight is 439 g/mol. The van der Waals surface area contributed by atoms with Crippen LogP contribution >= 0.6 is 0 Å². The lowest BCUT2D eigenvalue weighted by Gasteiger charge is -2.12. The first-order valence-corrected chi connectivity index (χ1v) is 9.44. The number of halogens is 3. The minimum atomic E-state index is -4.44. The summed E-state index contributed by atoms with van der Waals surface area (Å²) < 4.78 is 43.3. The topological polar surface area (TPSA) is 92.9 Å². The molecule has 2 N–H and O–H groups in total. The van der Waals surface area contributed by atoms with Crippen LogP contribution in [0, 0.1) is 0 Å². The third-order valence-corrected chi connectivity index (χ3v) is 4.48. The number of alkyl halides is 3. The van der Waals surface area contributed by atoms with Crippen LogP contribution in [0.2, 0.25) is 0 Å². The SMILES string of the molecule is O=C(Nc1ccc(C(F)(F)F)cc1)Nc1ccccc1Cc1nc(-c2ccncc2)no1. The quantitative estimate of drug-likeness (QED) is 0.435. The predicted octanol–water partition coefficient (Wildman–Crippen LogP) is 5.39. The van der Waals surface area contributed by atoms with Crippen molar-refractivity contribution in [3.63, 3.8) is 0 Å². The molecule has 0 saturated heterocycles. The molecule has 2 amide bonds. The molecule has 2 aromatic heterocycles. The Morgan fingerprint density at radius 1 is 0.938 bits per heavy atom. The molecule has 0 aliphatic rings. The minimum Gasteiger partial charge on any atom is -0.339 e. The first kappa shape index (κ1) is 21.0. The van der Waals surface area contributed by atoms with Crippen molar-refractivity contribution in [1.29, 1.82) is 0 Å². The highest BCUT2D eigenvalue weighted by molar-refractivity contribution is 6.00. The smallest absolute Gasteiger partial charge is 0.339 e. The summed E-state index contributed by atoms with van der Waals surface area (Å²) in [4.78, 5) is 20.7. The van der Waals surface area contributed by atoms with Gasteiger partial charge >= 0.3 is 12.2 Å². The van der Waals surface area contributed by atoms with Gasteiger partial charge in [-0.3, -0.25) is 4.98 Å². The van der Waals surface area contributed by atoms with E-state index < -0.39 is 17.8 Å². The molecule has 7 nitrogen and oxygen atoms in total. The van der Waals surface area contributed by atoms with Crippen molar-refractivity contribution >= 4 is 17.4 Å². The van der Waals surface area contributed by atoms with Gasteiger partial charge in [-0.1, -0.05) is 23.4 Å². The number of aromatic nitrogens is 3. The number of nitrogens with zero attached hydrogens (tertiary/aromatic N) is 3. The summed E-state index contributed by atoms with van der Waals surface area (Å²) in [6.45, 7) is 0. The zero-order chi connectivity index (χ0) is 22.6. The van der Waals surface area contributed by atoms with Crippen molar-refractivity contribution in [2.24, 2.45) is 0 Å². The summed E-state index contributed by atoms with van der Waals surface area (Å²) in [5.74, 6) is 0.780. The van der Waals surface area contributed by atoms with Gasteiger partial charge in [0.2, 0.25) is 11.7 Å². The van der Waals surface area contributed by atoms with Crippen molar-refractivity contribution < 1.29 is 22.5 Å². The highest BCUT2D eigenvalue weighted by Crippen LogP contribution is 2.30. The van der Waals surface area contributed by atoms with E-state index in [4.69, 9.17) is 4.52 Å². The number of hydrogen-bond donors (Lipinski definition) is 2. The average Bonchev–Trinajstić information content (AvgIpc) is 3.24. The molecule has 0 aliphatic heterocycles. The second-order valence-electron chi connectivity index (χ2n) is 6.74. The number of rotatable bonds is 5. The van der Waals surface area contributed by atoms with Gasteiger partial charge in [-0.15, -0.1) is 0 Å². The van der Waals surface area contributed by atoms with E-state index in [0.717, 1.165) is 23.3 Å². The summed E-state index contributed by atoms with van der Waals surface area (Å²) >= 11 is 0. The minimum absolute atomic E-state index is 0.229. The molecule has 0 bridgehead atoms. The van der Waals surface area contributed by atoms with E-state index in [1.807, 2.05) is 0 Å². The Morgan fingerprint density at radius 3 is 2.38 bits per heavy atom. The van der Waals surface area contributed by atoms with Crippen LogP contribution in [0.25, 0.3) is 11.4 Å². The number of nitrogens with one attached hydrogen (secondary N) is 2. The van der Waals surface area contributed by atoms with Crippen LogP contribution in [0.5, 0.6) is 0 Å². The monoisotopic (exact) mass is 439 g/mol. The lowest BCUT2D eigenvalue weighted by molar-refractivity contribution is -0.137. The van der Waals surface area contributed by atoms with Gasteiger partial charge in [0.15, 0.2) is 0 Å². The van der Waals surface area contributed by atoms with Crippen molar-refractivity contribution in [2.75, 3.05) is 10.6 Å². The fraction of sp³-hybridized carbons (Fsp3) is 0.0909. The van der Waals surface area contributed by atoms with Crippen LogP contribution in [-0.2, 0) is 12.6 Å². The Morgan fingerprint density at radius 2 is 1.66 bits per heavy atom. The molecule has 0 unspecified atom stereocenters. The highest BCUT2D eigenvalue weighted by Gasteiger charge is 2.30. The van der Waals surface area contributed by atoms with E-state index in [1.165, 1.54) is 12.1 Å². The standard InChI is InChI=1S/C22H16F3N5O2/c23-22(24,25)16-5-7-17(8-6-16)27-21(31)28-18-4-2-1-3-15(18)13-19-29-20(30-32-19)14-9-11-26-12-10-14/h1-12H,13H2,(H2,27,28,31). The van der Waals surface area contributed by atoms with Crippen molar-refractivity contribution in [3.8, 4) is 11.4 Å². The zero-order valence-electron chi connectivity index (χ0n) is 16.4. The number of benzene rings is 2. The van der Waals surface area contributed by atoms with E-state index in [0.29, 0.717) is 17.4 Å². The second kappa shape index (κ2) is 8.88. The van der Waals surface area contributed by atoms with Crippen molar-refractivity contribution in [1.82, 2.24) is 15.1 Å². The molecular weight excluding hydrogens is 423 g/mol. The Labute approximate surface area is 180 Å². The number of hydrogen-bond acceptors (Lipinski definition) is 5. The van der Waals surface area contributed by atoms with Gasteiger partial charge in [0.1, 0.15) is 0 Å². The van der Waals surface area contributed by atoms with Gasteiger partial charge in [0.25, 0.3) is 0 Å². The van der Waals surface area contributed by atoms with E-state index in [9.17, 15) is 18.0 Å². The molecule has 2 heterocycles. The molecule has 162 valence electrons. The molecule has 0 aliphatic carbocycles. The third-order valence-electron chi connectivity index (χ3n) is 4.48. The summed E-state index contributed by atoms with van der Waals surface area (Å²) in [7, 11) is 0. The number of para-hydroxylation sites is 1.